The molecule has 0 saturated carbocycles. The average Bonchev–Trinajstić information content (AvgIpc) is 3.26. The van der Waals surface area contributed by atoms with E-state index < -0.39 is 0 Å². The van der Waals surface area contributed by atoms with Crippen molar-refractivity contribution in [3.05, 3.63) is 107 Å². The van der Waals surface area contributed by atoms with Crippen molar-refractivity contribution in [1.29, 1.82) is 0 Å². The van der Waals surface area contributed by atoms with Crippen LogP contribution in [-0.2, 0) is 5.75 Å². The molecule has 0 saturated heterocycles. The maximum atomic E-state index is 14.1. The van der Waals surface area contributed by atoms with Gasteiger partial charge in [0.2, 0.25) is 5.95 Å². The topological polar surface area (TPSA) is 64.7 Å². The summed E-state index contributed by atoms with van der Waals surface area (Å²) >= 11 is 1.55. The molecule has 0 atom stereocenters. The van der Waals surface area contributed by atoms with Gasteiger partial charge in [-0.05, 0) is 35.7 Å². The van der Waals surface area contributed by atoms with Crippen molar-refractivity contribution in [2.75, 3.05) is 11.9 Å². The Morgan fingerprint density at radius 2 is 1.46 bits per heavy atom. The minimum Gasteiger partial charge on any atom is -0.355 e. The molecule has 0 fully saturated rings. The maximum absolute atomic E-state index is 14.1. The third kappa shape index (κ3) is 4.86. The Balaban J connectivity index is 1.72. The van der Waals surface area contributed by atoms with Gasteiger partial charge < -0.3 is 5.32 Å². The Kier molecular flexibility index (Phi) is 6.68. The molecular formula is C28H27N5OS. The van der Waals surface area contributed by atoms with E-state index in [9.17, 15) is 4.79 Å². The molecule has 0 aliphatic carbocycles. The summed E-state index contributed by atoms with van der Waals surface area (Å²) in [6.07, 6.45) is 0. The molecule has 3 aromatic carbocycles. The predicted octanol–water partition coefficient (Wildman–Crippen LogP) is 5.93. The normalized spacial score (nSPS) is 11.3. The van der Waals surface area contributed by atoms with Gasteiger partial charge in [-0.1, -0.05) is 92.3 Å². The first-order valence-corrected chi connectivity index (χ1v) is 12.7. The van der Waals surface area contributed by atoms with Crippen LogP contribution in [0.5, 0.6) is 0 Å². The van der Waals surface area contributed by atoms with E-state index in [0.717, 1.165) is 11.4 Å². The quantitative estimate of drug-likeness (QED) is 0.278. The molecule has 0 amide bonds. The highest BCUT2D eigenvalue weighted by molar-refractivity contribution is 7.98. The number of nitrogens with one attached hydrogen (secondary N) is 1. The summed E-state index contributed by atoms with van der Waals surface area (Å²) < 4.78 is 3.44. The first kappa shape index (κ1) is 22.9. The monoisotopic (exact) mass is 481 g/mol. The fraction of sp³-hybridized carbons (Fsp3) is 0.179. The highest BCUT2D eigenvalue weighted by Gasteiger charge is 2.22. The number of hydrogen-bond acceptors (Lipinski definition) is 5. The van der Waals surface area contributed by atoms with Crippen molar-refractivity contribution in [2.45, 2.75) is 24.6 Å². The van der Waals surface area contributed by atoms with Crippen LogP contribution in [-0.4, -0.2) is 25.9 Å². The average molecular weight is 482 g/mol. The molecule has 5 rings (SSSR count). The summed E-state index contributed by atoms with van der Waals surface area (Å²) in [5.74, 6) is 1.61. The lowest BCUT2D eigenvalue weighted by molar-refractivity contribution is 0.681. The molecule has 7 heteroatoms. The van der Waals surface area contributed by atoms with Crippen LogP contribution in [0.25, 0.3) is 22.4 Å². The van der Waals surface area contributed by atoms with Gasteiger partial charge in [0, 0.05) is 12.3 Å². The third-order valence-corrected chi connectivity index (χ3v) is 6.61. The minimum absolute atomic E-state index is 0.134. The van der Waals surface area contributed by atoms with Gasteiger partial charge in [0.25, 0.3) is 5.56 Å². The Morgan fingerprint density at radius 1 is 0.857 bits per heavy atom. The molecular weight excluding hydrogens is 454 g/mol. The van der Waals surface area contributed by atoms with Crippen molar-refractivity contribution in [1.82, 2.24) is 19.3 Å². The van der Waals surface area contributed by atoms with Gasteiger partial charge in [-0.25, -0.2) is 9.25 Å². The molecule has 0 bridgehead atoms. The second kappa shape index (κ2) is 10.2. The molecule has 0 aliphatic rings. The van der Waals surface area contributed by atoms with Crippen molar-refractivity contribution < 1.29 is 0 Å². The highest BCUT2D eigenvalue weighted by Crippen LogP contribution is 2.30. The standard InChI is InChI=1S/C28H27N5OS/c1-20(2)18-29-28-30-25-24(27(34)32(28)22-14-8-4-9-15-22)26(35-19-21-12-6-3-7-13-21)31-33(25)23-16-10-5-11-17-23/h3-17,20H,18-19H2,1-2H3,(H,29,30). The van der Waals surface area contributed by atoms with Gasteiger partial charge in [0.15, 0.2) is 5.65 Å². The molecule has 0 unspecified atom stereocenters. The number of rotatable bonds is 8. The molecule has 2 heterocycles. The minimum atomic E-state index is -0.134. The lowest BCUT2D eigenvalue weighted by Gasteiger charge is -2.15. The lowest BCUT2D eigenvalue weighted by atomic mass is 10.2. The zero-order chi connectivity index (χ0) is 24.2. The first-order valence-electron chi connectivity index (χ1n) is 11.7. The van der Waals surface area contributed by atoms with Crippen LogP contribution in [0.15, 0.2) is 101 Å². The van der Waals surface area contributed by atoms with Crippen molar-refractivity contribution >= 4 is 28.7 Å². The predicted molar refractivity (Wildman–Crippen MR) is 144 cm³/mol. The van der Waals surface area contributed by atoms with E-state index in [4.69, 9.17) is 10.1 Å². The molecule has 1 N–H and O–H groups in total. The van der Waals surface area contributed by atoms with Crippen molar-refractivity contribution in [3.8, 4) is 11.4 Å². The Bertz CT molecular complexity index is 1480. The van der Waals surface area contributed by atoms with E-state index in [0.29, 0.717) is 40.2 Å². The number of nitrogens with zero attached hydrogens (tertiary/aromatic N) is 4. The summed E-state index contributed by atoms with van der Waals surface area (Å²) in [5.41, 5.74) is 3.22. The molecule has 6 nitrogen and oxygen atoms in total. The van der Waals surface area contributed by atoms with E-state index in [-0.39, 0.29) is 5.56 Å². The van der Waals surface area contributed by atoms with Gasteiger partial charge in [0.1, 0.15) is 10.4 Å². The van der Waals surface area contributed by atoms with E-state index in [1.807, 2.05) is 78.9 Å². The Labute approximate surface area is 208 Å². The number of para-hydroxylation sites is 2. The van der Waals surface area contributed by atoms with E-state index in [1.54, 1.807) is 21.0 Å². The van der Waals surface area contributed by atoms with Gasteiger partial charge in [0.05, 0.1) is 11.4 Å². The number of aromatic nitrogens is 4. The van der Waals surface area contributed by atoms with Crippen LogP contribution >= 0.6 is 11.8 Å². The van der Waals surface area contributed by atoms with Crippen molar-refractivity contribution in [3.63, 3.8) is 0 Å². The van der Waals surface area contributed by atoms with E-state index in [2.05, 4.69) is 31.3 Å². The summed E-state index contributed by atoms with van der Waals surface area (Å²) in [5, 5.41) is 9.47. The number of hydrogen-bond donors (Lipinski definition) is 1. The highest BCUT2D eigenvalue weighted by atomic mass is 32.2. The number of fused-ring (bicyclic) bond motifs is 1. The SMILES string of the molecule is CC(C)CNc1nc2c(c(SCc3ccccc3)nn2-c2ccccc2)c(=O)n1-c1ccccc1. The summed E-state index contributed by atoms with van der Waals surface area (Å²) in [6, 6.07) is 29.7. The molecule has 5 aromatic rings. The van der Waals surface area contributed by atoms with Crippen LogP contribution in [0.2, 0.25) is 0 Å². The van der Waals surface area contributed by atoms with Gasteiger partial charge in [-0.3, -0.25) is 4.79 Å². The fourth-order valence-electron chi connectivity index (χ4n) is 3.85. The number of anilines is 1. The van der Waals surface area contributed by atoms with Crippen LogP contribution in [0, 0.1) is 5.92 Å². The molecule has 176 valence electrons. The van der Waals surface area contributed by atoms with Crippen LogP contribution in [0.4, 0.5) is 5.95 Å². The summed E-state index contributed by atoms with van der Waals surface area (Å²) in [4.78, 5) is 19.1. The zero-order valence-corrected chi connectivity index (χ0v) is 20.6. The second-order valence-electron chi connectivity index (χ2n) is 8.71. The fourth-order valence-corrected chi connectivity index (χ4v) is 4.80. The van der Waals surface area contributed by atoms with E-state index in [1.165, 1.54) is 5.56 Å². The molecule has 0 aliphatic heterocycles. The zero-order valence-electron chi connectivity index (χ0n) is 19.8. The molecule has 2 aromatic heterocycles. The van der Waals surface area contributed by atoms with Gasteiger partial charge in [-0.15, -0.1) is 0 Å². The van der Waals surface area contributed by atoms with Gasteiger partial charge in [-0.2, -0.15) is 10.1 Å². The van der Waals surface area contributed by atoms with Crippen LogP contribution in [0.3, 0.4) is 0 Å². The summed E-state index contributed by atoms with van der Waals surface area (Å²) in [6.45, 7) is 4.95. The largest absolute Gasteiger partial charge is 0.355 e. The smallest absolute Gasteiger partial charge is 0.271 e. The van der Waals surface area contributed by atoms with E-state index >= 15 is 0 Å². The van der Waals surface area contributed by atoms with Crippen LogP contribution < -0.4 is 10.9 Å². The molecule has 0 radical (unpaired) electrons. The van der Waals surface area contributed by atoms with Crippen molar-refractivity contribution in [2.24, 2.45) is 5.92 Å². The first-order chi connectivity index (χ1) is 17.1. The number of thioether (sulfide) groups is 1. The lowest BCUT2D eigenvalue weighted by Crippen LogP contribution is -2.25. The Hall–Kier alpha value is -3.84. The van der Waals surface area contributed by atoms with Crippen LogP contribution in [0.1, 0.15) is 19.4 Å². The second-order valence-corrected chi connectivity index (χ2v) is 9.68. The van der Waals surface area contributed by atoms with Gasteiger partial charge >= 0.3 is 0 Å². The number of benzene rings is 3. The molecule has 35 heavy (non-hydrogen) atoms. The molecule has 0 spiro atoms. The maximum Gasteiger partial charge on any atom is 0.271 e. The third-order valence-electron chi connectivity index (χ3n) is 5.57. The summed E-state index contributed by atoms with van der Waals surface area (Å²) in [7, 11) is 0. The Morgan fingerprint density at radius 3 is 2.09 bits per heavy atom.